The number of hydrogen-bond donors (Lipinski definition) is 0. The third-order valence-corrected chi connectivity index (χ3v) is 12.7. The molecule has 0 bridgehead atoms. The number of unbranched alkanes of at least 4 members (excludes halogenated alkanes) is 23. The molecule has 6 nitrogen and oxygen atoms in total. The van der Waals surface area contributed by atoms with Crippen LogP contribution in [0.3, 0.4) is 0 Å². The molecule has 0 aliphatic heterocycles. The van der Waals surface area contributed by atoms with Crippen molar-refractivity contribution in [3.8, 4) is 0 Å². The topological polar surface area (TPSA) is 78.9 Å². The van der Waals surface area contributed by atoms with Gasteiger partial charge < -0.3 is 14.2 Å². The predicted octanol–water partition coefficient (Wildman–Crippen LogP) is 20.8. The molecule has 74 heavy (non-hydrogen) atoms. The SMILES string of the molecule is CC/C=C\C/C=C\C/C=C\C/C=C\C/C=C\C/C=C\C/C=C\C/C=C\CCCCC(=O)OCC(COC(=O)CCCCCCCC)OC(=O)CCCCCCCCCCCCC/C=C\C/C=C\CCCCCCC. The van der Waals surface area contributed by atoms with Crippen molar-refractivity contribution in [1.82, 2.24) is 0 Å². The van der Waals surface area contributed by atoms with Crippen LogP contribution in [-0.4, -0.2) is 37.2 Å². The Labute approximate surface area is 456 Å². The molecule has 0 saturated heterocycles. The van der Waals surface area contributed by atoms with E-state index in [0.29, 0.717) is 19.3 Å². The fraction of sp³-hybridized carbons (Fsp3) is 0.662. The van der Waals surface area contributed by atoms with Gasteiger partial charge in [-0.2, -0.15) is 0 Å². The second-order valence-electron chi connectivity index (χ2n) is 19.9. The van der Waals surface area contributed by atoms with Gasteiger partial charge >= 0.3 is 17.9 Å². The lowest BCUT2D eigenvalue weighted by molar-refractivity contribution is -0.167. The van der Waals surface area contributed by atoms with Crippen LogP contribution in [0.25, 0.3) is 0 Å². The van der Waals surface area contributed by atoms with Gasteiger partial charge in [0.05, 0.1) is 0 Å². The minimum Gasteiger partial charge on any atom is -0.462 e. The van der Waals surface area contributed by atoms with Gasteiger partial charge in [-0.05, 0) is 116 Å². The molecular weight excluding hydrogens is 913 g/mol. The number of esters is 3. The fourth-order valence-electron chi connectivity index (χ4n) is 8.13. The Hall–Kier alpha value is -4.19. The first-order valence-corrected chi connectivity index (χ1v) is 30.5. The Morgan fingerprint density at radius 3 is 0.851 bits per heavy atom. The van der Waals surface area contributed by atoms with Crippen molar-refractivity contribution >= 4 is 17.9 Å². The first-order chi connectivity index (χ1) is 36.5. The minimum atomic E-state index is -0.797. The molecule has 1 atom stereocenters. The molecule has 6 heteroatoms. The van der Waals surface area contributed by atoms with E-state index in [1.807, 2.05) is 0 Å². The normalized spacial score (nSPS) is 13.0. The first kappa shape index (κ1) is 69.8. The maximum absolute atomic E-state index is 12.8. The Morgan fingerprint density at radius 2 is 0.527 bits per heavy atom. The molecule has 1 unspecified atom stereocenters. The van der Waals surface area contributed by atoms with Gasteiger partial charge in [0.25, 0.3) is 0 Å². The molecule has 0 fully saturated rings. The Kier molecular flexibility index (Phi) is 57.9. The van der Waals surface area contributed by atoms with Crippen molar-refractivity contribution in [2.45, 2.75) is 277 Å². The van der Waals surface area contributed by atoms with E-state index in [9.17, 15) is 14.4 Å². The summed E-state index contributed by atoms with van der Waals surface area (Å²) in [5.74, 6) is -0.952. The van der Waals surface area contributed by atoms with Gasteiger partial charge in [0, 0.05) is 19.3 Å². The second kappa shape index (κ2) is 61.4. The van der Waals surface area contributed by atoms with Gasteiger partial charge in [-0.15, -0.1) is 0 Å². The van der Waals surface area contributed by atoms with Gasteiger partial charge in [0.1, 0.15) is 13.2 Å². The van der Waals surface area contributed by atoms with Gasteiger partial charge in [-0.25, -0.2) is 0 Å². The molecule has 0 radical (unpaired) electrons. The van der Waals surface area contributed by atoms with Crippen LogP contribution in [0.4, 0.5) is 0 Å². The van der Waals surface area contributed by atoms with E-state index in [4.69, 9.17) is 14.2 Å². The highest BCUT2D eigenvalue weighted by Gasteiger charge is 2.19. The van der Waals surface area contributed by atoms with Crippen molar-refractivity contribution in [2.24, 2.45) is 0 Å². The fourth-order valence-corrected chi connectivity index (χ4v) is 8.13. The molecule has 0 spiro atoms. The Bertz CT molecular complexity index is 1550. The van der Waals surface area contributed by atoms with E-state index in [1.165, 1.54) is 116 Å². The zero-order valence-electron chi connectivity index (χ0n) is 48.1. The molecule has 0 rings (SSSR count). The van der Waals surface area contributed by atoms with Crippen LogP contribution in [0.5, 0.6) is 0 Å². The quantitative estimate of drug-likeness (QED) is 0.0261. The summed E-state index contributed by atoms with van der Waals surface area (Å²) in [5, 5.41) is 0. The zero-order valence-corrected chi connectivity index (χ0v) is 48.1. The Balaban J connectivity index is 4.24. The molecule has 420 valence electrons. The van der Waals surface area contributed by atoms with Crippen LogP contribution in [0.15, 0.2) is 122 Å². The van der Waals surface area contributed by atoms with Crippen LogP contribution in [0.1, 0.15) is 271 Å². The summed E-state index contributed by atoms with van der Waals surface area (Å²) in [5.41, 5.74) is 0. The van der Waals surface area contributed by atoms with Gasteiger partial charge in [-0.3, -0.25) is 14.4 Å². The number of hydrogen-bond acceptors (Lipinski definition) is 6. The van der Waals surface area contributed by atoms with Crippen molar-refractivity contribution in [3.63, 3.8) is 0 Å². The number of carbonyl (C=O) groups excluding carboxylic acids is 3. The average molecular weight is 1030 g/mol. The molecule has 0 aromatic rings. The highest BCUT2D eigenvalue weighted by atomic mass is 16.6. The van der Waals surface area contributed by atoms with Crippen LogP contribution in [-0.2, 0) is 28.6 Å². The summed E-state index contributed by atoms with van der Waals surface area (Å²) in [6.07, 6.45) is 85.2. The molecule has 0 aromatic carbocycles. The van der Waals surface area contributed by atoms with E-state index >= 15 is 0 Å². The minimum absolute atomic E-state index is 0.0947. The summed E-state index contributed by atoms with van der Waals surface area (Å²) in [4.78, 5) is 37.9. The van der Waals surface area contributed by atoms with E-state index in [0.717, 1.165) is 116 Å². The maximum atomic E-state index is 12.8. The van der Waals surface area contributed by atoms with Crippen molar-refractivity contribution in [3.05, 3.63) is 122 Å². The predicted molar refractivity (Wildman–Crippen MR) is 320 cm³/mol. The molecule has 0 aliphatic carbocycles. The highest BCUT2D eigenvalue weighted by Crippen LogP contribution is 2.15. The molecule has 0 aromatic heterocycles. The van der Waals surface area contributed by atoms with Crippen molar-refractivity contribution < 1.29 is 28.6 Å². The van der Waals surface area contributed by atoms with E-state index in [2.05, 4.69) is 142 Å². The van der Waals surface area contributed by atoms with Gasteiger partial charge in [-0.1, -0.05) is 258 Å². The molecule has 0 amide bonds. The summed E-state index contributed by atoms with van der Waals surface area (Å²) in [6.45, 7) is 6.42. The summed E-state index contributed by atoms with van der Waals surface area (Å²) in [6, 6.07) is 0. The third kappa shape index (κ3) is 58.7. The summed E-state index contributed by atoms with van der Waals surface area (Å²) in [7, 11) is 0. The molecule has 0 heterocycles. The van der Waals surface area contributed by atoms with Gasteiger partial charge in [0.15, 0.2) is 6.10 Å². The van der Waals surface area contributed by atoms with Crippen molar-refractivity contribution in [2.75, 3.05) is 13.2 Å². The van der Waals surface area contributed by atoms with Crippen LogP contribution in [0.2, 0.25) is 0 Å². The number of carbonyl (C=O) groups is 3. The zero-order chi connectivity index (χ0) is 53.6. The van der Waals surface area contributed by atoms with Gasteiger partial charge in [0.2, 0.25) is 0 Å². The van der Waals surface area contributed by atoms with Crippen LogP contribution in [0, 0.1) is 0 Å². The Morgan fingerprint density at radius 1 is 0.284 bits per heavy atom. The number of rotatable bonds is 54. The first-order valence-electron chi connectivity index (χ1n) is 30.5. The average Bonchev–Trinajstić information content (AvgIpc) is 3.40. The molecular formula is C68H112O6. The van der Waals surface area contributed by atoms with E-state index in [1.54, 1.807) is 0 Å². The lowest BCUT2D eigenvalue weighted by atomic mass is 10.0. The largest absolute Gasteiger partial charge is 0.462 e. The standard InChI is InChI=1S/C68H112O6/c1-4-7-10-13-16-18-20-22-24-26-28-30-32-33-34-35-37-38-40-42-44-46-48-50-52-55-58-61-67(70)73-64-65(63-72-66(69)60-57-54-15-12-9-6-3)74-68(71)62-59-56-53-51-49-47-45-43-41-39-36-31-29-27-25-23-21-19-17-14-11-8-5-2/h7,10,16,18,21-24,27-30,33-34,37-38,42,44,48,50,65H,4-6,8-9,11-15,17,19-20,25-26,31-32,35-36,39-41,43,45-47,49,51-64H2,1-3H3/b10-7-,18-16-,23-21-,24-22-,29-27-,30-28-,34-33-,38-37-,44-42-,50-48-. The van der Waals surface area contributed by atoms with Crippen LogP contribution >= 0.6 is 0 Å². The second-order valence-corrected chi connectivity index (χ2v) is 19.9. The summed E-state index contributed by atoms with van der Waals surface area (Å²) >= 11 is 0. The van der Waals surface area contributed by atoms with E-state index in [-0.39, 0.29) is 31.1 Å². The number of allylic oxidation sites excluding steroid dienone is 20. The summed E-state index contributed by atoms with van der Waals surface area (Å²) < 4.78 is 16.7. The van der Waals surface area contributed by atoms with Crippen LogP contribution < -0.4 is 0 Å². The highest BCUT2D eigenvalue weighted by molar-refractivity contribution is 5.71. The molecule has 0 aliphatic rings. The smallest absolute Gasteiger partial charge is 0.306 e. The van der Waals surface area contributed by atoms with E-state index < -0.39 is 6.10 Å². The lowest BCUT2D eigenvalue weighted by Crippen LogP contribution is -2.30. The number of ether oxygens (including phenoxy) is 3. The molecule has 0 N–H and O–H groups in total. The third-order valence-electron chi connectivity index (χ3n) is 12.7. The van der Waals surface area contributed by atoms with Crippen molar-refractivity contribution in [1.29, 1.82) is 0 Å². The maximum Gasteiger partial charge on any atom is 0.306 e. The monoisotopic (exact) mass is 1020 g/mol. The lowest BCUT2D eigenvalue weighted by Gasteiger charge is -2.18. The molecule has 0 saturated carbocycles.